The van der Waals surface area contributed by atoms with Crippen LogP contribution in [-0.4, -0.2) is 50.7 Å². The number of hydrogen-bond acceptors (Lipinski definition) is 8. The molecule has 1 aromatic rings. The van der Waals surface area contributed by atoms with E-state index in [-0.39, 0.29) is 16.7 Å². The highest BCUT2D eigenvalue weighted by Gasteiger charge is 2.36. The highest BCUT2D eigenvalue weighted by atomic mass is 35.5. The zero-order valence-corrected chi connectivity index (χ0v) is 16.5. The van der Waals surface area contributed by atoms with Crippen molar-refractivity contribution in [1.29, 1.82) is 0 Å². The number of carboxylic acid groups (broad SMARTS) is 1. The number of rotatable bonds is 7. The number of halogens is 1. The number of nitrogens with zero attached hydrogens (tertiary/aromatic N) is 2. The fraction of sp³-hybridized carbons (Fsp3) is 0.533. The summed E-state index contributed by atoms with van der Waals surface area (Å²) in [6.45, 7) is 7.88. The molecule has 9 nitrogen and oxygen atoms in total. The molecule has 0 saturated heterocycles. The van der Waals surface area contributed by atoms with Crippen molar-refractivity contribution in [3.63, 3.8) is 0 Å². The molecule has 1 amide bonds. The Balaban J connectivity index is 2.98. The van der Waals surface area contributed by atoms with Crippen LogP contribution < -0.4 is 5.32 Å². The van der Waals surface area contributed by atoms with Crippen LogP contribution in [0.4, 0.5) is 5.13 Å². The highest BCUT2D eigenvalue weighted by molar-refractivity contribution is 7.14. The lowest BCUT2D eigenvalue weighted by atomic mass is 10.1. The number of thiazole rings is 1. The highest BCUT2D eigenvalue weighted by Crippen LogP contribution is 2.20. The van der Waals surface area contributed by atoms with Crippen molar-refractivity contribution >= 4 is 51.6 Å². The van der Waals surface area contributed by atoms with E-state index >= 15 is 0 Å². The van der Waals surface area contributed by atoms with Crippen LogP contribution in [-0.2, 0) is 24.0 Å². The topological polar surface area (TPSA) is 127 Å². The largest absolute Gasteiger partial charge is 0.476 e. The molecule has 1 aromatic heterocycles. The molecule has 0 radical (unpaired) electrons. The first-order chi connectivity index (χ1) is 11.9. The van der Waals surface area contributed by atoms with Gasteiger partial charge in [0.15, 0.2) is 5.13 Å². The van der Waals surface area contributed by atoms with Gasteiger partial charge < -0.3 is 20.0 Å². The first-order valence-corrected chi connectivity index (χ1v) is 8.82. The lowest BCUT2D eigenvalue weighted by molar-refractivity contribution is -0.179. The van der Waals surface area contributed by atoms with Gasteiger partial charge in [-0.3, -0.25) is 4.79 Å². The van der Waals surface area contributed by atoms with Gasteiger partial charge in [0.2, 0.25) is 17.2 Å². The molecule has 1 heterocycles. The third-order valence-corrected chi connectivity index (χ3v) is 3.57. The molecule has 0 fully saturated rings. The average Bonchev–Trinajstić information content (AvgIpc) is 2.93. The monoisotopic (exact) mass is 405 g/mol. The molecule has 2 N–H and O–H groups in total. The summed E-state index contributed by atoms with van der Waals surface area (Å²) >= 11 is 6.37. The lowest BCUT2D eigenvalue weighted by Crippen LogP contribution is -2.40. The minimum Gasteiger partial charge on any atom is -0.476 e. The first-order valence-electron chi connectivity index (χ1n) is 7.40. The Bertz CT molecular complexity index is 723. The number of carbonyl (C=O) groups excluding carboxylic acids is 2. The van der Waals surface area contributed by atoms with E-state index in [0.29, 0.717) is 0 Å². The zero-order chi connectivity index (χ0) is 20.1. The molecule has 0 unspecified atom stereocenters. The van der Waals surface area contributed by atoms with Crippen LogP contribution in [0.25, 0.3) is 0 Å². The number of esters is 1. The molecule has 0 spiro atoms. The fourth-order valence-electron chi connectivity index (χ4n) is 1.39. The Morgan fingerprint density at radius 1 is 1.31 bits per heavy atom. The predicted octanol–water partition coefficient (Wildman–Crippen LogP) is 2.25. The van der Waals surface area contributed by atoms with Gasteiger partial charge in [0.25, 0.3) is 0 Å². The summed E-state index contributed by atoms with van der Waals surface area (Å²) in [5.74, 6) is -2.86. The van der Waals surface area contributed by atoms with E-state index in [4.69, 9.17) is 21.2 Å². The molecule has 0 aliphatic rings. The van der Waals surface area contributed by atoms with Gasteiger partial charge in [-0.1, -0.05) is 5.16 Å². The summed E-state index contributed by atoms with van der Waals surface area (Å²) in [6, 6.07) is 0. The zero-order valence-electron chi connectivity index (χ0n) is 15.0. The molecule has 0 aliphatic carbocycles. The molecule has 144 valence electrons. The average molecular weight is 406 g/mol. The Hall–Kier alpha value is -2.20. The van der Waals surface area contributed by atoms with Crippen molar-refractivity contribution in [2.75, 3.05) is 11.2 Å². The summed E-state index contributed by atoms with van der Waals surface area (Å²) in [5.41, 5.74) is -2.81. The Kier molecular flexibility index (Phi) is 7.10. The van der Waals surface area contributed by atoms with Gasteiger partial charge in [0.05, 0.1) is 0 Å². The lowest BCUT2D eigenvalue weighted by Gasteiger charge is -2.26. The Morgan fingerprint density at radius 2 is 1.92 bits per heavy atom. The predicted molar refractivity (Wildman–Crippen MR) is 96.6 cm³/mol. The number of carbonyl (C=O) groups is 3. The summed E-state index contributed by atoms with van der Waals surface area (Å²) in [6.07, 6.45) is 0. The van der Waals surface area contributed by atoms with E-state index in [9.17, 15) is 19.5 Å². The number of alkyl halides is 1. The van der Waals surface area contributed by atoms with E-state index in [2.05, 4.69) is 15.5 Å². The smallest absolute Gasteiger partial charge is 0.360 e. The van der Waals surface area contributed by atoms with Crippen molar-refractivity contribution in [1.82, 2.24) is 4.98 Å². The van der Waals surface area contributed by atoms with Crippen molar-refractivity contribution in [3.8, 4) is 0 Å². The van der Waals surface area contributed by atoms with Crippen molar-refractivity contribution in [2.45, 2.75) is 45.8 Å². The standard InChI is InChI=1S/C15H20ClN3O6S/c1-14(2,3)24-12(23)15(4,5)25-19-10(11(21)22)8-7-26-13(17-8)18-9(20)6-16/h7H,6H2,1-5H3,(H,21,22)(H,17,18,20)/b19-10-. The maximum atomic E-state index is 12.1. The molecule has 0 aromatic carbocycles. The minimum absolute atomic E-state index is 0.0349. The van der Waals surface area contributed by atoms with E-state index in [0.717, 1.165) is 11.3 Å². The second-order valence-electron chi connectivity index (χ2n) is 6.57. The Morgan fingerprint density at radius 3 is 2.42 bits per heavy atom. The number of amides is 1. The van der Waals surface area contributed by atoms with Gasteiger partial charge in [-0.15, -0.1) is 22.9 Å². The van der Waals surface area contributed by atoms with E-state index < -0.39 is 34.8 Å². The van der Waals surface area contributed by atoms with Crippen LogP contribution in [0.2, 0.25) is 0 Å². The summed E-state index contributed by atoms with van der Waals surface area (Å²) in [4.78, 5) is 43.9. The van der Waals surface area contributed by atoms with E-state index in [1.807, 2.05) is 0 Å². The number of aliphatic carboxylic acids is 1. The van der Waals surface area contributed by atoms with Crippen LogP contribution in [0.1, 0.15) is 40.3 Å². The first kappa shape index (κ1) is 21.8. The number of anilines is 1. The van der Waals surface area contributed by atoms with E-state index in [1.165, 1.54) is 19.2 Å². The molecule has 0 aliphatic heterocycles. The number of hydrogen-bond donors (Lipinski definition) is 2. The van der Waals surface area contributed by atoms with Gasteiger partial charge in [0, 0.05) is 5.38 Å². The van der Waals surface area contributed by atoms with Gasteiger partial charge in [-0.25, -0.2) is 14.6 Å². The molecule has 0 saturated carbocycles. The van der Waals surface area contributed by atoms with Crippen molar-refractivity contribution in [2.24, 2.45) is 5.16 Å². The SMILES string of the molecule is CC(C)(C)OC(=O)C(C)(C)O/N=C(\C(=O)O)c1csc(NC(=O)CCl)n1. The van der Waals surface area contributed by atoms with Crippen molar-refractivity contribution in [3.05, 3.63) is 11.1 Å². The molecular formula is C15H20ClN3O6S. The maximum Gasteiger partial charge on any atom is 0.360 e. The van der Waals surface area contributed by atoms with Gasteiger partial charge >= 0.3 is 11.9 Å². The van der Waals surface area contributed by atoms with Crippen LogP contribution in [0.3, 0.4) is 0 Å². The molecule has 0 atom stereocenters. The maximum absolute atomic E-state index is 12.1. The minimum atomic E-state index is -1.51. The van der Waals surface area contributed by atoms with Gasteiger partial charge in [0.1, 0.15) is 17.2 Å². The molecule has 0 bridgehead atoms. The molecule has 1 rings (SSSR count). The normalized spacial score (nSPS) is 12.5. The third kappa shape index (κ3) is 6.60. The number of aromatic nitrogens is 1. The second-order valence-corrected chi connectivity index (χ2v) is 7.69. The molecule has 26 heavy (non-hydrogen) atoms. The van der Waals surface area contributed by atoms with Crippen molar-refractivity contribution < 1.29 is 29.1 Å². The number of carboxylic acids is 1. The third-order valence-electron chi connectivity index (χ3n) is 2.57. The van der Waals surface area contributed by atoms with Crippen LogP contribution in [0.5, 0.6) is 0 Å². The number of ether oxygens (including phenoxy) is 1. The van der Waals surface area contributed by atoms with Crippen LogP contribution in [0.15, 0.2) is 10.5 Å². The fourth-order valence-corrected chi connectivity index (χ4v) is 2.16. The molecular weight excluding hydrogens is 386 g/mol. The molecule has 11 heteroatoms. The van der Waals surface area contributed by atoms with Gasteiger partial charge in [-0.2, -0.15) is 0 Å². The second kappa shape index (κ2) is 8.45. The summed E-state index contributed by atoms with van der Waals surface area (Å²) in [7, 11) is 0. The summed E-state index contributed by atoms with van der Waals surface area (Å²) < 4.78 is 5.21. The Labute approximate surface area is 159 Å². The van der Waals surface area contributed by atoms with Gasteiger partial charge in [-0.05, 0) is 34.6 Å². The van der Waals surface area contributed by atoms with Crippen LogP contribution in [0, 0.1) is 0 Å². The van der Waals surface area contributed by atoms with E-state index in [1.54, 1.807) is 20.8 Å². The number of nitrogens with one attached hydrogen (secondary N) is 1. The number of oxime groups is 1. The van der Waals surface area contributed by atoms with Crippen LogP contribution >= 0.6 is 22.9 Å². The summed E-state index contributed by atoms with van der Waals surface area (Å²) in [5, 5.41) is 16.8. The quantitative estimate of drug-likeness (QED) is 0.308.